The number of carbonyl (C=O) groups is 1. The van der Waals surface area contributed by atoms with Crippen LogP contribution in [-0.4, -0.2) is 44.7 Å². The van der Waals surface area contributed by atoms with Gasteiger partial charge in [0.2, 0.25) is 16.5 Å². The van der Waals surface area contributed by atoms with Gasteiger partial charge in [-0.1, -0.05) is 0 Å². The van der Waals surface area contributed by atoms with E-state index in [0.29, 0.717) is 35.6 Å². The number of rotatable bonds is 5. The third-order valence-corrected chi connectivity index (χ3v) is 5.41. The van der Waals surface area contributed by atoms with Crippen LogP contribution in [0, 0.1) is 16.5 Å². The predicted molar refractivity (Wildman–Crippen MR) is 105 cm³/mol. The number of H-pyrrole nitrogens is 1. The van der Waals surface area contributed by atoms with Crippen molar-refractivity contribution in [3.8, 4) is 0 Å². The average Bonchev–Trinajstić information content (AvgIpc) is 3.09. The number of piperidine rings is 1. The molecule has 1 fully saturated rings. The predicted octanol–water partition coefficient (Wildman–Crippen LogP) is 1.35. The van der Waals surface area contributed by atoms with Gasteiger partial charge in [0, 0.05) is 19.0 Å². The molecule has 0 aliphatic carbocycles. The van der Waals surface area contributed by atoms with Crippen molar-refractivity contribution in [1.29, 1.82) is 0 Å². The maximum Gasteiger partial charge on any atom is 0.262 e. The van der Waals surface area contributed by atoms with E-state index in [-0.39, 0.29) is 22.8 Å². The van der Waals surface area contributed by atoms with Crippen LogP contribution in [-0.2, 0) is 11.3 Å². The van der Waals surface area contributed by atoms with Crippen molar-refractivity contribution < 1.29 is 9.18 Å². The Morgan fingerprint density at radius 1 is 1.36 bits per heavy atom. The number of aromatic nitrogens is 4. The third kappa shape index (κ3) is 3.45. The smallest absolute Gasteiger partial charge is 0.262 e. The van der Waals surface area contributed by atoms with Crippen LogP contribution in [0.15, 0.2) is 23.0 Å². The van der Waals surface area contributed by atoms with E-state index in [1.165, 1.54) is 22.8 Å². The van der Waals surface area contributed by atoms with Crippen molar-refractivity contribution >= 4 is 34.8 Å². The van der Waals surface area contributed by atoms with E-state index in [1.807, 2.05) is 0 Å². The first-order valence-electron chi connectivity index (χ1n) is 9.34. The molecule has 3 heterocycles. The highest BCUT2D eigenvalue weighted by atomic mass is 32.1. The molecule has 0 saturated carbocycles. The summed E-state index contributed by atoms with van der Waals surface area (Å²) in [6.45, 7) is 2.51. The second-order valence-corrected chi connectivity index (χ2v) is 7.34. The Kier molecular flexibility index (Phi) is 5.23. The van der Waals surface area contributed by atoms with Crippen LogP contribution in [0.1, 0.15) is 19.3 Å². The number of carbonyl (C=O) groups excluding carboxylic acids is 1. The van der Waals surface area contributed by atoms with Gasteiger partial charge in [-0.25, -0.2) is 9.49 Å². The van der Waals surface area contributed by atoms with Crippen molar-refractivity contribution in [2.75, 3.05) is 19.6 Å². The SMILES string of the molecule is O=C(NCCCn1c(=O)c2cc(F)ccc2n2c(=S)[nH]nc12)C1CCNCC1. The quantitative estimate of drug-likeness (QED) is 0.441. The van der Waals surface area contributed by atoms with Gasteiger partial charge in [0.1, 0.15) is 5.82 Å². The van der Waals surface area contributed by atoms with E-state index in [4.69, 9.17) is 12.2 Å². The molecule has 0 bridgehead atoms. The minimum Gasteiger partial charge on any atom is -0.356 e. The number of aryl methyl sites for hydroxylation is 1. The maximum atomic E-state index is 13.7. The van der Waals surface area contributed by atoms with Crippen molar-refractivity contribution in [3.05, 3.63) is 39.1 Å². The Hall–Kier alpha value is -2.59. The number of halogens is 1. The van der Waals surface area contributed by atoms with E-state index in [0.717, 1.165) is 25.9 Å². The van der Waals surface area contributed by atoms with Crippen LogP contribution < -0.4 is 16.2 Å². The molecule has 1 saturated heterocycles. The van der Waals surface area contributed by atoms with E-state index in [2.05, 4.69) is 20.8 Å². The van der Waals surface area contributed by atoms with Gasteiger partial charge < -0.3 is 10.6 Å². The molecule has 3 aromatic rings. The summed E-state index contributed by atoms with van der Waals surface area (Å²) in [5.74, 6) is -0.0101. The van der Waals surface area contributed by atoms with Crippen molar-refractivity contribution in [2.45, 2.75) is 25.8 Å². The highest BCUT2D eigenvalue weighted by Gasteiger charge is 2.20. The molecule has 0 spiro atoms. The Labute approximate surface area is 164 Å². The number of hydrogen-bond donors (Lipinski definition) is 3. The molecule has 8 nitrogen and oxygen atoms in total. The van der Waals surface area contributed by atoms with Crippen LogP contribution in [0.25, 0.3) is 16.7 Å². The number of nitrogens with zero attached hydrogens (tertiary/aromatic N) is 3. The lowest BCUT2D eigenvalue weighted by atomic mass is 9.97. The minimum absolute atomic E-state index is 0.0454. The molecule has 148 valence electrons. The molecule has 1 amide bonds. The van der Waals surface area contributed by atoms with Crippen LogP contribution in [0.2, 0.25) is 0 Å². The largest absolute Gasteiger partial charge is 0.356 e. The molecule has 1 aromatic carbocycles. The molecule has 2 aromatic heterocycles. The summed E-state index contributed by atoms with van der Waals surface area (Å²) in [5.41, 5.74) is 0.177. The molecule has 0 atom stereocenters. The van der Waals surface area contributed by atoms with Gasteiger partial charge in [0.05, 0.1) is 10.9 Å². The summed E-state index contributed by atoms with van der Waals surface area (Å²) >= 11 is 5.27. The zero-order valence-electron chi connectivity index (χ0n) is 15.2. The number of benzene rings is 1. The first-order chi connectivity index (χ1) is 13.6. The van der Waals surface area contributed by atoms with E-state index in [1.54, 1.807) is 4.40 Å². The van der Waals surface area contributed by atoms with E-state index < -0.39 is 5.82 Å². The van der Waals surface area contributed by atoms with Gasteiger partial charge in [-0.2, -0.15) is 0 Å². The molecule has 1 aliphatic rings. The normalized spacial score (nSPS) is 15.3. The second-order valence-electron chi connectivity index (χ2n) is 6.95. The second kappa shape index (κ2) is 7.80. The van der Waals surface area contributed by atoms with E-state index in [9.17, 15) is 14.0 Å². The summed E-state index contributed by atoms with van der Waals surface area (Å²) in [4.78, 5) is 25.1. The fourth-order valence-electron chi connectivity index (χ4n) is 3.68. The molecule has 28 heavy (non-hydrogen) atoms. The monoisotopic (exact) mass is 404 g/mol. The Morgan fingerprint density at radius 2 is 2.14 bits per heavy atom. The van der Waals surface area contributed by atoms with E-state index >= 15 is 0 Å². The Balaban J connectivity index is 1.55. The third-order valence-electron chi connectivity index (χ3n) is 5.14. The Morgan fingerprint density at radius 3 is 2.93 bits per heavy atom. The number of aromatic amines is 1. The summed E-state index contributed by atoms with van der Waals surface area (Å²) in [5, 5.41) is 13.3. The lowest BCUT2D eigenvalue weighted by Crippen LogP contribution is -2.38. The first-order valence-corrected chi connectivity index (χ1v) is 9.74. The van der Waals surface area contributed by atoms with Crippen LogP contribution >= 0.6 is 12.2 Å². The van der Waals surface area contributed by atoms with Crippen molar-refractivity contribution in [3.63, 3.8) is 0 Å². The summed E-state index contributed by atoms with van der Waals surface area (Å²) in [6, 6.07) is 4.02. The molecule has 4 rings (SSSR count). The number of amides is 1. The highest BCUT2D eigenvalue weighted by Crippen LogP contribution is 2.15. The Bertz CT molecular complexity index is 1140. The number of nitrogens with one attached hydrogen (secondary N) is 3. The molecule has 3 N–H and O–H groups in total. The highest BCUT2D eigenvalue weighted by molar-refractivity contribution is 7.71. The minimum atomic E-state index is -0.486. The average molecular weight is 404 g/mol. The fourth-order valence-corrected chi connectivity index (χ4v) is 3.90. The van der Waals surface area contributed by atoms with Crippen molar-refractivity contribution in [1.82, 2.24) is 29.8 Å². The van der Waals surface area contributed by atoms with Gasteiger partial charge in [-0.3, -0.25) is 18.6 Å². The standard InChI is InChI=1S/C18H21FN6O2S/c19-12-2-3-14-13(10-12)16(27)24(17-22-23-18(28)25(14)17)9-1-6-21-15(26)11-4-7-20-8-5-11/h2-3,10-11,20H,1,4-9H2,(H,21,26)(H,23,28). The molecule has 10 heteroatoms. The zero-order valence-corrected chi connectivity index (χ0v) is 16.0. The van der Waals surface area contributed by atoms with Gasteiger partial charge >= 0.3 is 0 Å². The van der Waals surface area contributed by atoms with Crippen molar-refractivity contribution in [2.24, 2.45) is 5.92 Å². The van der Waals surface area contributed by atoms with Gasteiger partial charge in [-0.15, -0.1) is 5.10 Å². The number of hydrogen-bond acceptors (Lipinski definition) is 5. The molecular weight excluding hydrogens is 383 g/mol. The fraction of sp³-hybridized carbons (Fsp3) is 0.444. The molecule has 1 aliphatic heterocycles. The van der Waals surface area contributed by atoms with Crippen LogP contribution in [0.5, 0.6) is 0 Å². The topological polar surface area (TPSA) is 96.2 Å². The summed E-state index contributed by atoms with van der Waals surface area (Å²) < 4.78 is 17.1. The molecule has 0 radical (unpaired) electrons. The summed E-state index contributed by atoms with van der Waals surface area (Å²) in [7, 11) is 0. The lowest BCUT2D eigenvalue weighted by molar-refractivity contribution is -0.125. The van der Waals surface area contributed by atoms with Gasteiger partial charge in [-0.05, 0) is 62.8 Å². The zero-order chi connectivity index (χ0) is 19.7. The molecule has 0 unspecified atom stereocenters. The van der Waals surface area contributed by atoms with Crippen LogP contribution in [0.4, 0.5) is 4.39 Å². The lowest BCUT2D eigenvalue weighted by Gasteiger charge is -2.21. The van der Waals surface area contributed by atoms with Gasteiger partial charge in [0.15, 0.2) is 0 Å². The van der Waals surface area contributed by atoms with Gasteiger partial charge in [0.25, 0.3) is 5.56 Å². The maximum absolute atomic E-state index is 13.7. The number of fused-ring (bicyclic) bond motifs is 3. The van der Waals surface area contributed by atoms with Crippen LogP contribution in [0.3, 0.4) is 0 Å². The summed E-state index contributed by atoms with van der Waals surface area (Å²) in [6.07, 6.45) is 2.23. The molecular formula is C18H21FN6O2S. The first kappa shape index (κ1) is 18.8.